The van der Waals surface area contributed by atoms with Gasteiger partial charge in [-0.3, -0.25) is 0 Å². The molecule has 0 aromatic carbocycles. The third kappa shape index (κ3) is 3.24. The molecule has 17 heavy (non-hydrogen) atoms. The molecule has 2 atom stereocenters. The van der Waals surface area contributed by atoms with Crippen molar-refractivity contribution in [1.82, 2.24) is 0 Å². The molecular formula is C9H15Br2NO2S3. The molecule has 2 aliphatic heterocycles. The van der Waals surface area contributed by atoms with Gasteiger partial charge in [-0.15, -0.1) is 0 Å². The topological polar surface area (TPSA) is 37.1 Å². The first-order valence-electron chi connectivity index (χ1n) is 5.27. The van der Waals surface area contributed by atoms with E-state index in [0.29, 0.717) is 5.75 Å². The van der Waals surface area contributed by atoms with Crippen LogP contribution in [0.4, 0.5) is 0 Å². The summed E-state index contributed by atoms with van der Waals surface area (Å²) in [5, 5.41) is 0.165. The van der Waals surface area contributed by atoms with E-state index in [1.165, 1.54) is 4.38 Å². The second-order valence-electron chi connectivity index (χ2n) is 3.99. The van der Waals surface area contributed by atoms with E-state index in [-0.39, 0.29) is 31.6 Å². The predicted octanol–water partition coefficient (Wildman–Crippen LogP) is -1.23. The van der Waals surface area contributed by atoms with Gasteiger partial charge in [-0.2, -0.15) is 0 Å². The van der Waals surface area contributed by atoms with Crippen LogP contribution in [-0.2, 0) is 9.84 Å². The lowest BCUT2D eigenvalue weighted by molar-refractivity contribution is -0.515. The van der Waals surface area contributed by atoms with E-state index in [2.05, 4.69) is 34.4 Å². The smallest absolute Gasteiger partial charge is 0.271 e. The van der Waals surface area contributed by atoms with Crippen LogP contribution in [0.25, 0.3) is 0 Å². The first kappa shape index (κ1) is 16.3. The van der Waals surface area contributed by atoms with Gasteiger partial charge in [0.2, 0.25) is 0 Å². The zero-order valence-electron chi connectivity index (χ0n) is 9.65. The summed E-state index contributed by atoms with van der Waals surface area (Å²) in [7, 11) is -2.85. The molecular weight excluding hydrogens is 410 g/mol. The van der Waals surface area contributed by atoms with Gasteiger partial charge in [0.1, 0.15) is 16.7 Å². The van der Waals surface area contributed by atoms with Crippen LogP contribution in [0.15, 0.2) is 0 Å². The molecule has 2 aliphatic rings. The van der Waals surface area contributed by atoms with Crippen molar-refractivity contribution in [3.63, 3.8) is 0 Å². The molecule has 0 radical (unpaired) electrons. The molecule has 0 aliphatic carbocycles. The molecule has 0 aromatic heterocycles. The van der Waals surface area contributed by atoms with Crippen LogP contribution in [0.5, 0.6) is 0 Å². The van der Waals surface area contributed by atoms with Gasteiger partial charge in [-0.05, 0) is 37.4 Å². The summed E-state index contributed by atoms with van der Waals surface area (Å²) in [6.07, 6.45) is 0. The van der Waals surface area contributed by atoms with Gasteiger partial charge in [0.15, 0.2) is 9.84 Å². The van der Waals surface area contributed by atoms with Gasteiger partial charge < -0.3 is 17.0 Å². The third-order valence-electron chi connectivity index (χ3n) is 2.82. The number of hydrogen-bond acceptors (Lipinski definition) is 4. The van der Waals surface area contributed by atoms with Crippen LogP contribution >= 0.6 is 39.5 Å². The van der Waals surface area contributed by atoms with Crippen molar-refractivity contribution in [2.45, 2.75) is 22.8 Å². The zero-order valence-corrected chi connectivity index (χ0v) is 15.3. The Morgan fingerprint density at radius 2 is 2.06 bits per heavy atom. The minimum Gasteiger partial charge on any atom is -1.00 e. The van der Waals surface area contributed by atoms with E-state index < -0.39 is 9.84 Å². The highest BCUT2D eigenvalue weighted by Crippen LogP contribution is 2.56. The monoisotopic (exact) mass is 423 g/mol. The maximum absolute atomic E-state index is 11.6. The molecule has 0 aromatic rings. The van der Waals surface area contributed by atoms with E-state index >= 15 is 0 Å². The van der Waals surface area contributed by atoms with Crippen molar-refractivity contribution in [2.24, 2.45) is 0 Å². The van der Waals surface area contributed by atoms with E-state index in [0.717, 1.165) is 13.1 Å². The first-order valence-corrected chi connectivity index (χ1v) is 9.58. The van der Waals surface area contributed by atoms with Crippen LogP contribution in [-0.4, -0.2) is 50.9 Å². The van der Waals surface area contributed by atoms with Crippen molar-refractivity contribution in [2.75, 3.05) is 24.6 Å². The number of alkyl halides is 1. The molecule has 2 heterocycles. The minimum absolute atomic E-state index is 0. The van der Waals surface area contributed by atoms with Gasteiger partial charge in [0.05, 0.1) is 16.8 Å². The highest BCUT2D eigenvalue weighted by molar-refractivity contribution is 9.12. The fourth-order valence-electron chi connectivity index (χ4n) is 1.94. The Bertz CT molecular complexity index is 432. The Kier molecular flexibility index (Phi) is 5.50. The third-order valence-corrected chi connectivity index (χ3v) is 10.1. The molecule has 0 spiro atoms. The number of thioether (sulfide) groups is 2. The quantitative estimate of drug-likeness (QED) is 0.410. The zero-order chi connectivity index (χ0) is 12.0. The Morgan fingerprint density at radius 3 is 2.53 bits per heavy atom. The summed E-state index contributed by atoms with van der Waals surface area (Å²) in [6.45, 7) is 6.22. The minimum atomic E-state index is -2.85. The summed E-state index contributed by atoms with van der Waals surface area (Å²) >= 11 is 7.04. The molecule has 3 nitrogen and oxygen atoms in total. The lowest BCUT2D eigenvalue weighted by atomic mass is 10.4. The number of sulfone groups is 1. The fraction of sp³-hybridized carbons (Fsp3) is 0.889. The number of fused-ring (bicyclic) bond motifs is 1. The van der Waals surface area contributed by atoms with Crippen molar-refractivity contribution in [3.8, 4) is 0 Å². The molecule has 8 heteroatoms. The maximum atomic E-state index is 11.6. The average Bonchev–Trinajstić information content (AvgIpc) is 2.53. The standard InChI is InChI=1S/C9H15BrNO2S3.BrH/c1-3-11(4-2)8-14-7-5-16(12,13)6-9(7,10)15-8;/h7H,3-6H2,1-2H3;1H/q+1;/p-1. The van der Waals surface area contributed by atoms with Crippen LogP contribution in [0.3, 0.4) is 0 Å². The van der Waals surface area contributed by atoms with Gasteiger partial charge in [-0.1, -0.05) is 15.9 Å². The van der Waals surface area contributed by atoms with Crippen LogP contribution in [0.2, 0.25) is 0 Å². The molecule has 2 rings (SSSR count). The Morgan fingerprint density at radius 1 is 1.47 bits per heavy atom. The van der Waals surface area contributed by atoms with Gasteiger partial charge in [0.25, 0.3) is 4.38 Å². The highest BCUT2D eigenvalue weighted by Gasteiger charge is 2.57. The largest absolute Gasteiger partial charge is 1.00 e. The van der Waals surface area contributed by atoms with Crippen LogP contribution < -0.4 is 17.0 Å². The summed E-state index contributed by atoms with van der Waals surface area (Å²) in [6, 6.07) is 0. The first-order chi connectivity index (χ1) is 7.40. The molecule has 0 bridgehead atoms. The second kappa shape index (κ2) is 5.73. The second-order valence-corrected chi connectivity index (χ2v) is 10.8. The van der Waals surface area contributed by atoms with E-state index in [1.54, 1.807) is 23.5 Å². The lowest BCUT2D eigenvalue weighted by Gasteiger charge is -2.13. The highest BCUT2D eigenvalue weighted by atomic mass is 79.9. The maximum Gasteiger partial charge on any atom is 0.271 e. The fourth-order valence-corrected chi connectivity index (χ4v) is 11.0. The van der Waals surface area contributed by atoms with E-state index in [1.807, 2.05) is 0 Å². The van der Waals surface area contributed by atoms with Crippen molar-refractivity contribution >= 4 is 53.7 Å². The van der Waals surface area contributed by atoms with Crippen LogP contribution in [0.1, 0.15) is 13.8 Å². The Hall–Kier alpha value is 1.28. The molecule has 2 unspecified atom stereocenters. The van der Waals surface area contributed by atoms with Crippen molar-refractivity contribution in [3.05, 3.63) is 0 Å². The number of hydrogen-bond donors (Lipinski definition) is 0. The van der Waals surface area contributed by atoms with E-state index in [4.69, 9.17) is 0 Å². The summed E-state index contributed by atoms with van der Waals surface area (Å²) in [4.78, 5) is 0. The summed E-state index contributed by atoms with van der Waals surface area (Å²) in [5.74, 6) is 0.563. The number of nitrogens with zero attached hydrogens (tertiary/aromatic N) is 1. The Balaban J connectivity index is 0.00000144. The van der Waals surface area contributed by atoms with Gasteiger partial charge >= 0.3 is 0 Å². The number of halogens is 2. The summed E-state index contributed by atoms with van der Waals surface area (Å²) < 4.78 is 26.4. The normalized spacial score (nSPS) is 34.3. The molecule has 2 saturated heterocycles. The SMILES string of the molecule is CC[N+](CC)=C1SC2CS(=O)(=O)CC2(Br)S1.[Br-]. The van der Waals surface area contributed by atoms with Crippen molar-refractivity contribution < 1.29 is 30.0 Å². The summed E-state index contributed by atoms with van der Waals surface area (Å²) in [5.41, 5.74) is 0. The van der Waals surface area contributed by atoms with Gasteiger partial charge in [0, 0.05) is 0 Å². The van der Waals surface area contributed by atoms with E-state index in [9.17, 15) is 8.42 Å². The molecule has 0 amide bonds. The lowest BCUT2D eigenvalue weighted by Crippen LogP contribution is -3.00. The molecule has 0 saturated carbocycles. The predicted molar refractivity (Wildman–Crippen MR) is 75.6 cm³/mol. The van der Waals surface area contributed by atoms with Crippen molar-refractivity contribution in [1.29, 1.82) is 0 Å². The van der Waals surface area contributed by atoms with Gasteiger partial charge in [-0.25, -0.2) is 13.0 Å². The Labute approximate surface area is 130 Å². The average molecular weight is 425 g/mol. The molecule has 100 valence electrons. The molecule has 0 N–H and O–H groups in total. The number of rotatable bonds is 2. The molecule has 2 fully saturated rings. The van der Waals surface area contributed by atoms with Crippen LogP contribution in [0, 0.1) is 0 Å².